The van der Waals surface area contributed by atoms with Crippen molar-refractivity contribution in [3.8, 4) is 0 Å². The zero-order chi connectivity index (χ0) is 17.6. The van der Waals surface area contributed by atoms with Crippen LogP contribution in [-0.4, -0.2) is 51.8 Å². The lowest BCUT2D eigenvalue weighted by molar-refractivity contribution is 0.0631. The lowest BCUT2D eigenvalue weighted by Crippen LogP contribution is -2.46. The number of aliphatic hydroxyl groups excluding tert-OH is 1. The van der Waals surface area contributed by atoms with Crippen molar-refractivity contribution in [1.82, 2.24) is 14.8 Å². The van der Waals surface area contributed by atoms with Crippen LogP contribution in [0.1, 0.15) is 49.6 Å². The summed E-state index contributed by atoms with van der Waals surface area (Å²) in [5.74, 6) is 0. The van der Waals surface area contributed by atoms with Crippen LogP contribution in [0.2, 0.25) is 0 Å². The van der Waals surface area contributed by atoms with Crippen LogP contribution >= 0.6 is 12.4 Å². The Labute approximate surface area is 168 Å². The molecule has 2 atom stereocenters. The Bertz CT molecular complexity index is 774. The van der Waals surface area contributed by atoms with Crippen LogP contribution in [0.15, 0.2) is 18.2 Å². The van der Waals surface area contributed by atoms with Gasteiger partial charge >= 0.3 is 0 Å². The van der Waals surface area contributed by atoms with Gasteiger partial charge in [0.2, 0.25) is 0 Å². The second-order valence-electron chi connectivity index (χ2n) is 8.16. The largest absolute Gasteiger partial charge is 0.412 e. The number of β-amino-alcohol motifs (C(OH)–C–C–N with tert-alkyl or cyclic N) is 1. The van der Waals surface area contributed by atoms with Crippen LogP contribution in [0.5, 0.6) is 0 Å². The molecule has 0 spiro atoms. The molecule has 5 nitrogen and oxygen atoms in total. The fraction of sp³-hybridized carbons (Fsp3) is 0.619. The minimum Gasteiger partial charge on any atom is -0.412 e. The Morgan fingerprint density at radius 2 is 2.04 bits per heavy atom. The van der Waals surface area contributed by atoms with Gasteiger partial charge in [0.25, 0.3) is 0 Å². The van der Waals surface area contributed by atoms with Crippen LogP contribution in [0, 0.1) is 6.92 Å². The maximum Gasteiger partial charge on any atom is 0.0791 e. The fourth-order valence-corrected chi connectivity index (χ4v) is 4.72. The van der Waals surface area contributed by atoms with E-state index in [-0.39, 0.29) is 24.0 Å². The number of nitrogens with zero attached hydrogens (tertiary/aromatic N) is 2. The molecule has 2 unspecified atom stereocenters. The van der Waals surface area contributed by atoms with Crippen LogP contribution in [0.4, 0.5) is 0 Å². The molecule has 1 aromatic carbocycles. The third-order valence-electron chi connectivity index (χ3n) is 5.85. The van der Waals surface area contributed by atoms with Crippen molar-refractivity contribution < 1.29 is 10.6 Å². The van der Waals surface area contributed by atoms with Gasteiger partial charge in [0.15, 0.2) is 0 Å². The van der Waals surface area contributed by atoms with E-state index in [1.54, 1.807) is 5.56 Å². The van der Waals surface area contributed by atoms with Gasteiger partial charge in [-0.2, -0.15) is 0 Å². The van der Waals surface area contributed by atoms with Crippen LogP contribution in [-0.2, 0) is 13.0 Å². The van der Waals surface area contributed by atoms with Crippen molar-refractivity contribution in [3.05, 3.63) is 35.0 Å². The number of hydrogen-bond acceptors (Lipinski definition) is 3. The van der Waals surface area contributed by atoms with Gasteiger partial charge in [-0.05, 0) is 43.9 Å². The van der Waals surface area contributed by atoms with Crippen molar-refractivity contribution in [2.75, 3.05) is 19.6 Å². The SMILES string of the molecule is Cc1ccc2c(c1)c1c3n2CCN(CC(O)CNC(C)C)C3CCC1.Cl.O. The van der Waals surface area contributed by atoms with E-state index in [4.69, 9.17) is 0 Å². The van der Waals surface area contributed by atoms with Gasteiger partial charge in [0.1, 0.15) is 0 Å². The first kappa shape index (κ1) is 22.2. The number of halogens is 1. The molecule has 1 aliphatic carbocycles. The number of hydrogen-bond donors (Lipinski definition) is 2. The Balaban J connectivity index is 0.00000131. The van der Waals surface area contributed by atoms with Gasteiger partial charge in [-0.25, -0.2) is 0 Å². The van der Waals surface area contributed by atoms with Crippen LogP contribution in [0.3, 0.4) is 0 Å². The summed E-state index contributed by atoms with van der Waals surface area (Å²) < 4.78 is 2.56. The van der Waals surface area contributed by atoms with E-state index in [0.29, 0.717) is 18.6 Å². The van der Waals surface area contributed by atoms with Gasteiger partial charge in [-0.3, -0.25) is 4.90 Å². The highest BCUT2D eigenvalue weighted by Gasteiger charge is 2.35. The van der Waals surface area contributed by atoms with E-state index >= 15 is 0 Å². The second-order valence-corrected chi connectivity index (χ2v) is 8.16. The predicted octanol–water partition coefficient (Wildman–Crippen LogP) is 2.60. The Kier molecular flexibility index (Phi) is 7.33. The summed E-state index contributed by atoms with van der Waals surface area (Å²) in [6, 6.07) is 7.79. The highest BCUT2D eigenvalue weighted by atomic mass is 35.5. The molecule has 0 bridgehead atoms. The maximum absolute atomic E-state index is 10.5. The summed E-state index contributed by atoms with van der Waals surface area (Å²) in [4.78, 5) is 2.52. The number of aromatic nitrogens is 1. The van der Waals surface area contributed by atoms with E-state index < -0.39 is 0 Å². The van der Waals surface area contributed by atoms with Crippen molar-refractivity contribution in [1.29, 1.82) is 0 Å². The van der Waals surface area contributed by atoms with E-state index in [2.05, 4.69) is 53.8 Å². The third-order valence-corrected chi connectivity index (χ3v) is 5.85. The Hall–Kier alpha value is -1.11. The van der Waals surface area contributed by atoms with E-state index in [1.807, 2.05) is 0 Å². The normalized spacial score (nSPS) is 20.1. The number of nitrogens with one attached hydrogen (secondary N) is 1. The summed E-state index contributed by atoms with van der Waals surface area (Å²) >= 11 is 0. The summed E-state index contributed by atoms with van der Waals surface area (Å²) in [7, 11) is 0. The highest BCUT2D eigenvalue weighted by Crippen LogP contribution is 2.42. The maximum atomic E-state index is 10.5. The van der Waals surface area contributed by atoms with Gasteiger partial charge in [-0.1, -0.05) is 25.5 Å². The molecule has 1 aliphatic heterocycles. The van der Waals surface area contributed by atoms with Gasteiger partial charge in [0.05, 0.1) is 12.1 Å². The minimum atomic E-state index is -0.300. The number of aryl methyl sites for hydroxylation is 2. The molecule has 4 N–H and O–H groups in total. The fourth-order valence-electron chi connectivity index (χ4n) is 4.72. The molecule has 0 amide bonds. The first-order valence-electron chi connectivity index (χ1n) is 9.81. The Morgan fingerprint density at radius 1 is 1.26 bits per heavy atom. The van der Waals surface area contributed by atoms with Crippen LogP contribution in [0.25, 0.3) is 10.9 Å². The van der Waals surface area contributed by atoms with Gasteiger partial charge in [-0.15, -0.1) is 12.4 Å². The first-order chi connectivity index (χ1) is 12.0. The molecule has 2 aromatic rings. The molecule has 152 valence electrons. The summed E-state index contributed by atoms with van der Waals surface area (Å²) in [5.41, 5.74) is 5.85. The molecule has 6 heteroatoms. The van der Waals surface area contributed by atoms with E-state index in [0.717, 1.165) is 19.6 Å². The predicted molar refractivity (Wildman–Crippen MR) is 114 cm³/mol. The molecule has 2 aliphatic rings. The van der Waals surface area contributed by atoms with Gasteiger partial charge < -0.3 is 20.5 Å². The van der Waals surface area contributed by atoms with Crippen molar-refractivity contribution in [2.24, 2.45) is 0 Å². The highest BCUT2D eigenvalue weighted by molar-refractivity contribution is 5.87. The van der Waals surface area contributed by atoms with Gasteiger partial charge in [0, 0.05) is 48.8 Å². The average molecular weight is 396 g/mol. The summed E-state index contributed by atoms with van der Waals surface area (Å²) in [5, 5.41) is 15.3. The first-order valence-corrected chi connectivity index (χ1v) is 9.81. The standard InChI is InChI=1S/C21H31N3O.ClH.H2O/c1-14(2)22-12-16(25)13-23-9-10-24-19-8-7-15(3)11-18(19)17-5-4-6-20(23)21(17)24;;/h7-8,11,14,16,20,22,25H,4-6,9-10,12-13H2,1-3H3;1H;1H2. The molecule has 4 rings (SSSR count). The molecule has 0 saturated heterocycles. The number of fused-ring (bicyclic) bond motifs is 3. The molecule has 27 heavy (non-hydrogen) atoms. The molecule has 0 saturated carbocycles. The van der Waals surface area contributed by atoms with Crippen LogP contribution < -0.4 is 5.32 Å². The monoisotopic (exact) mass is 395 g/mol. The Morgan fingerprint density at radius 3 is 2.78 bits per heavy atom. The molecule has 0 radical (unpaired) electrons. The number of benzene rings is 1. The molecule has 0 fully saturated rings. The number of rotatable bonds is 5. The molecular weight excluding hydrogens is 362 g/mol. The topological polar surface area (TPSA) is 71.9 Å². The summed E-state index contributed by atoms with van der Waals surface area (Å²) in [6.07, 6.45) is 3.36. The molecule has 1 aromatic heterocycles. The molecule has 2 heterocycles. The molecular formula is C21H34ClN3O2. The third kappa shape index (κ3) is 4.17. The number of aliphatic hydroxyl groups is 1. The lowest BCUT2D eigenvalue weighted by Gasteiger charge is -2.40. The van der Waals surface area contributed by atoms with E-state index in [1.165, 1.54) is 41.4 Å². The zero-order valence-electron chi connectivity index (χ0n) is 16.7. The lowest BCUT2D eigenvalue weighted by atomic mass is 9.89. The quantitative estimate of drug-likeness (QED) is 0.817. The minimum absolute atomic E-state index is 0. The summed E-state index contributed by atoms with van der Waals surface area (Å²) in [6.45, 7) is 9.96. The smallest absolute Gasteiger partial charge is 0.0791 e. The van der Waals surface area contributed by atoms with Crippen molar-refractivity contribution >= 4 is 23.3 Å². The van der Waals surface area contributed by atoms with Crippen molar-refractivity contribution in [3.63, 3.8) is 0 Å². The second kappa shape index (κ2) is 8.93. The average Bonchev–Trinajstić information content (AvgIpc) is 2.90. The van der Waals surface area contributed by atoms with Crippen molar-refractivity contribution in [2.45, 2.75) is 64.8 Å². The zero-order valence-corrected chi connectivity index (χ0v) is 17.5. The van der Waals surface area contributed by atoms with E-state index in [9.17, 15) is 5.11 Å².